The minimum absolute atomic E-state index is 0.00751. The maximum atomic E-state index is 13.1. The molecule has 3 unspecified atom stereocenters. The molecule has 1 heterocycles. The Hall–Kier alpha value is -3.00. The molecular formula is C27H30N2O5S. The number of rotatable bonds is 6. The number of nitrogens with zero attached hydrogens (tertiary/aromatic N) is 1. The van der Waals surface area contributed by atoms with Crippen molar-refractivity contribution >= 4 is 29.7 Å². The molecule has 2 N–H and O–H groups in total. The van der Waals surface area contributed by atoms with Crippen molar-refractivity contribution in [3.63, 3.8) is 0 Å². The van der Waals surface area contributed by atoms with E-state index in [-0.39, 0.29) is 36.8 Å². The zero-order valence-corrected chi connectivity index (χ0v) is 20.3. The summed E-state index contributed by atoms with van der Waals surface area (Å²) in [6.45, 7) is 1.48. The Bertz CT molecular complexity index is 1080. The monoisotopic (exact) mass is 494 g/mol. The fourth-order valence-corrected chi connectivity index (χ4v) is 6.74. The number of carboxylic acids is 1. The van der Waals surface area contributed by atoms with Gasteiger partial charge in [-0.2, -0.15) is 0 Å². The molecule has 184 valence electrons. The molecule has 2 aliphatic carbocycles. The largest absolute Gasteiger partial charge is 0.480 e. The summed E-state index contributed by atoms with van der Waals surface area (Å²) in [7, 11) is 0. The van der Waals surface area contributed by atoms with Gasteiger partial charge < -0.3 is 20.1 Å². The number of hydrogen-bond donors (Lipinski definition) is 2. The molecule has 8 heteroatoms. The van der Waals surface area contributed by atoms with Crippen LogP contribution >= 0.6 is 11.8 Å². The molecule has 1 saturated heterocycles. The van der Waals surface area contributed by atoms with E-state index in [4.69, 9.17) is 4.74 Å². The number of carboxylic acid groups (broad SMARTS) is 1. The predicted octanol–water partition coefficient (Wildman–Crippen LogP) is 3.97. The average Bonchev–Trinajstić information content (AvgIpc) is 3.48. The highest BCUT2D eigenvalue weighted by Crippen LogP contribution is 2.44. The van der Waals surface area contributed by atoms with Crippen molar-refractivity contribution in [2.75, 3.05) is 32.0 Å². The zero-order chi connectivity index (χ0) is 24.4. The molecule has 5 rings (SSSR count). The molecule has 3 aliphatic rings. The molecule has 3 atom stereocenters. The molecule has 1 aliphatic heterocycles. The van der Waals surface area contributed by atoms with Crippen molar-refractivity contribution in [1.29, 1.82) is 0 Å². The van der Waals surface area contributed by atoms with Crippen molar-refractivity contribution in [3.05, 3.63) is 59.7 Å². The van der Waals surface area contributed by atoms with Crippen molar-refractivity contribution in [1.82, 2.24) is 10.2 Å². The summed E-state index contributed by atoms with van der Waals surface area (Å²) in [6, 6.07) is 16.4. The van der Waals surface area contributed by atoms with Gasteiger partial charge in [0, 0.05) is 37.2 Å². The van der Waals surface area contributed by atoms with E-state index in [1.54, 1.807) is 4.90 Å². The third-order valence-electron chi connectivity index (χ3n) is 7.48. The summed E-state index contributed by atoms with van der Waals surface area (Å²) in [4.78, 5) is 38.8. The van der Waals surface area contributed by atoms with Crippen molar-refractivity contribution in [2.45, 2.75) is 30.4 Å². The standard InChI is InChI=1S/C27H30N2O5S/c30-25(29-12-13-35-24(15-29)26(31)32)18-11-5-6-17(18)14-28-27(33)34-16-23-21-9-3-1-7-19(21)20-8-2-4-10-22(20)23/h1-4,7-10,17-18,23-24H,5-6,11-16H2,(H,28,33)(H,31,32). The first-order valence-corrected chi connectivity index (χ1v) is 13.3. The second-order valence-corrected chi connectivity index (χ2v) is 10.8. The number of nitrogens with one attached hydrogen (secondary N) is 1. The van der Waals surface area contributed by atoms with Crippen LogP contribution < -0.4 is 5.32 Å². The summed E-state index contributed by atoms with van der Waals surface area (Å²) in [5.41, 5.74) is 4.71. The van der Waals surface area contributed by atoms with Gasteiger partial charge in [0.2, 0.25) is 5.91 Å². The van der Waals surface area contributed by atoms with E-state index in [0.29, 0.717) is 18.8 Å². The number of aliphatic carboxylic acids is 1. The van der Waals surface area contributed by atoms with E-state index in [0.717, 1.165) is 19.3 Å². The first-order valence-electron chi connectivity index (χ1n) is 12.2. The van der Waals surface area contributed by atoms with Crippen LogP contribution in [0.25, 0.3) is 11.1 Å². The highest BCUT2D eigenvalue weighted by atomic mass is 32.2. The van der Waals surface area contributed by atoms with Gasteiger partial charge in [0.15, 0.2) is 0 Å². The van der Waals surface area contributed by atoms with Crippen molar-refractivity contribution < 1.29 is 24.2 Å². The molecule has 0 aromatic heterocycles. The van der Waals surface area contributed by atoms with E-state index < -0.39 is 17.3 Å². The highest BCUT2D eigenvalue weighted by molar-refractivity contribution is 8.00. The number of fused-ring (bicyclic) bond motifs is 3. The van der Waals surface area contributed by atoms with Gasteiger partial charge in [-0.25, -0.2) is 4.79 Å². The number of hydrogen-bond acceptors (Lipinski definition) is 5. The van der Waals surface area contributed by atoms with E-state index in [2.05, 4.69) is 29.6 Å². The zero-order valence-electron chi connectivity index (χ0n) is 19.5. The normalized spacial score (nSPS) is 23.4. The molecule has 7 nitrogen and oxygen atoms in total. The maximum absolute atomic E-state index is 13.1. The van der Waals surface area contributed by atoms with Crippen molar-refractivity contribution in [2.24, 2.45) is 11.8 Å². The Kier molecular flexibility index (Phi) is 7.00. The first-order chi connectivity index (χ1) is 17.0. The van der Waals surface area contributed by atoms with Crippen molar-refractivity contribution in [3.8, 4) is 11.1 Å². The van der Waals surface area contributed by atoms with E-state index in [1.165, 1.54) is 34.0 Å². The van der Waals surface area contributed by atoms with E-state index in [1.807, 2.05) is 24.3 Å². The van der Waals surface area contributed by atoms with E-state index >= 15 is 0 Å². The van der Waals surface area contributed by atoms with Gasteiger partial charge in [-0.15, -0.1) is 11.8 Å². The third-order valence-corrected chi connectivity index (χ3v) is 8.65. The second-order valence-electron chi connectivity index (χ2n) is 9.49. The van der Waals surface area contributed by atoms with Crippen LogP contribution in [0.1, 0.15) is 36.3 Å². The van der Waals surface area contributed by atoms with Gasteiger partial charge in [0.05, 0.1) is 0 Å². The van der Waals surface area contributed by atoms with Gasteiger partial charge in [0.1, 0.15) is 11.9 Å². The minimum atomic E-state index is -0.868. The molecule has 2 aromatic carbocycles. The summed E-state index contributed by atoms with van der Waals surface area (Å²) >= 11 is 1.39. The fourth-order valence-electron chi connectivity index (χ4n) is 5.70. The summed E-state index contributed by atoms with van der Waals surface area (Å²) < 4.78 is 5.64. The number of thioether (sulfide) groups is 1. The van der Waals surface area contributed by atoms with Crippen LogP contribution in [0.4, 0.5) is 4.79 Å². The SMILES string of the molecule is O=C(NCC1CCCC1C(=O)N1CCSC(C(=O)O)C1)OCC1c2ccccc2-c2ccccc21. The molecular weight excluding hydrogens is 464 g/mol. The van der Waals surface area contributed by atoms with Gasteiger partial charge >= 0.3 is 12.1 Å². The van der Waals surface area contributed by atoms with Crippen LogP contribution in [0.2, 0.25) is 0 Å². The number of alkyl carbamates (subject to hydrolysis) is 1. The Morgan fingerprint density at radius 2 is 1.71 bits per heavy atom. The maximum Gasteiger partial charge on any atom is 0.407 e. The summed E-state index contributed by atoms with van der Waals surface area (Å²) in [5, 5.41) is 11.6. The van der Waals surface area contributed by atoms with E-state index in [9.17, 15) is 19.5 Å². The van der Waals surface area contributed by atoms with Crippen LogP contribution in [0.15, 0.2) is 48.5 Å². The molecule has 0 radical (unpaired) electrons. The number of amides is 2. The lowest BCUT2D eigenvalue weighted by atomic mass is 9.94. The smallest absolute Gasteiger partial charge is 0.407 e. The highest BCUT2D eigenvalue weighted by Gasteiger charge is 2.38. The minimum Gasteiger partial charge on any atom is -0.480 e. The summed E-state index contributed by atoms with van der Waals surface area (Å²) in [5.74, 6) is -0.339. The lowest BCUT2D eigenvalue weighted by molar-refractivity contribution is -0.140. The van der Waals surface area contributed by atoms with Crippen LogP contribution in [0, 0.1) is 11.8 Å². The van der Waals surface area contributed by atoms with Gasteiger partial charge in [-0.1, -0.05) is 55.0 Å². The van der Waals surface area contributed by atoms with Crippen LogP contribution in [-0.2, 0) is 14.3 Å². The van der Waals surface area contributed by atoms with Gasteiger partial charge in [-0.05, 0) is 41.0 Å². The molecule has 35 heavy (non-hydrogen) atoms. The molecule has 0 bridgehead atoms. The number of carbonyl (C=O) groups is 3. The Balaban J connectivity index is 1.15. The first kappa shape index (κ1) is 23.7. The average molecular weight is 495 g/mol. The number of carbonyl (C=O) groups excluding carboxylic acids is 2. The Morgan fingerprint density at radius 3 is 2.40 bits per heavy atom. The lowest BCUT2D eigenvalue weighted by Crippen LogP contribution is -2.48. The predicted molar refractivity (Wildman–Crippen MR) is 134 cm³/mol. The van der Waals surface area contributed by atoms with Crippen LogP contribution in [0.5, 0.6) is 0 Å². The number of benzene rings is 2. The second kappa shape index (κ2) is 10.3. The molecule has 2 amide bonds. The topological polar surface area (TPSA) is 95.9 Å². The summed E-state index contributed by atoms with van der Waals surface area (Å²) in [6.07, 6.45) is 2.10. The molecule has 0 spiro atoms. The third kappa shape index (κ3) is 4.89. The molecule has 1 saturated carbocycles. The van der Waals surface area contributed by atoms with Crippen LogP contribution in [-0.4, -0.2) is 65.2 Å². The molecule has 2 aromatic rings. The Labute approximate surface area is 209 Å². The van der Waals surface area contributed by atoms with Gasteiger partial charge in [-0.3, -0.25) is 9.59 Å². The quantitative estimate of drug-likeness (QED) is 0.631. The van der Waals surface area contributed by atoms with Crippen LogP contribution in [0.3, 0.4) is 0 Å². The molecule has 2 fully saturated rings. The fraction of sp³-hybridized carbons (Fsp3) is 0.444. The van der Waals surface area contributed by atoms with Gasteiger partial charge in [0.25, 0.3) is 0 Å². The lowest BCUT2D eigenvalue weighted by Gasteiger charge is -2.33. The number of ether oxygens (including phenoxy) is 1. The Morgan fingerprint density at radius 1 is 1.03 bits per heavy atom.